The monoisotopic (exact) mass is 225 g/mol. The van der Waals surface area contributed by atoms with Crippen molar-refractivity contribution >= 4 is 22.2 Å². The van der Waals surface area contributed by atoms with Crippen LogP contribution >= 0.6 is 0 Å². The van der Waals surface area contributed by atoms with Crippen molar-refractivity contribution in [1.82, 2.24) is 14.6 Å². The van der Waals surface area contributed by atoms with Crippen LogP contribution in [0.15, 0.2) is 29.2 Å². The summed E-state index contributed by atoms with van der Waals surface area (Å²) in [7, 11) is 0. The molecule has 2 heterocycles. The number of benzene rings is 1. The summed E-state index contributed by atoms with van der Waals surface area (Å²) in [6.07, 6.45) is 1.40. The van der Waals surface area contributed by atoms with Gasteiger partial charge in [0.1, 0.15) is 17.1 Å². The second kappa shape index (κ2) is 3.09. The number of nitriles is 1. The molecule has 0 amide bonds. The zero-order chi connectivity index (χ0) is 12.0. The lowest BCUT2D eigenvalue weighted by atomic mass is 10.2. The molecule has 17 heavy (non-hydrogen) atoms. The van der Waals surface area contributed by atoms with E-state index in [1.54, 1.807) is 18.2 Å². The van der Waals surface area contributed by atoms with Gasteiger partial charge in [0.25, 0.3) is 5.56 Å². The lowest BCUT2D eigenvalue weighted by molar-refractivity contribution is 0.978. The quantitative estimate of drug-likeness (QED) is 0.548. The van der Waals surface area contributed by atoms with E-state index in [9.17, 15) is 4.79 Å². The fourth-order valence-electron chi connectivity index (χ4n) is 1.88. The van der Waals surface area contributed by atoms with Crippen molar-refractivity contribution < 1.29 is 0 Å². The molecule has 0 radical (unpaired) electrons. The van der Waals surface area contributed by atoms with Crippen LogP contribution < -0.4 is 11.3 Å². The van der Waals surface area contributed by atoms with Gasteiger partial charge in [-0.3, -0.25) is 4.79 Å². The Labute approximate surface area is 94.9 Å². The van der Waals surface area contributed by atoms with Crippen molar-refractivity contribution in [2.75, 3.05) is 5.73 Å². The molecule has 0 saturated heterocycles. The number of aromatic nitrogens is 3. The Kier molecular flexibility index (Phi) is 1.71. The number of nitrogens with two attached hydrogens (primary N) is 1. The van der Waals surface area contributed by atoms with Crippen LogP contribution in [0.1, 0.15) is 5.56 Å². The largest absolute Gasteiger partial charge is 0.397 e. The Balaban J connectivity index is 2.70. The minimum Gasteiger partial charge on any atom is -0.397 e. The molecule has 82 valence electrons. The van der Waals surface area contributed by atoms with E-state index in [0.717, 1.165) is 0 Å². The number of nitrogens with one attached hydrogen (secondary N) is 1. The van der Waals surface area contributed by atoms with Gasteiger partial charge in [-0.2, -0.15) is 10.4 Å². The summed E-state index contributed by atoms with van der Waals surface area (Å²) in [5, 5.41) is 13.4. The van der Waals surface area contributed by atoms with Crippen LogP contribution in [0, 0.1) is 11.3 Å². The molecule has 6 nitrogen and oxygen atoms in total. The number of nitrogen functional groups attached to an aromatic ring is 1. The van der Waals surface area contributed by atoms with Gasteiger partial charge >= 0.3 is 0 Å². The molecule has 0 aliphatic carbocycles. The number of hydrogen-bond donors (Lipinski definition) is 2. The van der Waals surface area contributed by atoms with E-state index < -0.39 is 0 Å². The van der Waals surface area contributed by atoms with Crippen molar-refractivity contribution in [2.45, 2.75) is 0 Å². The van der Waals surface area contributed by atoms with Crippen molar-refractivity contribution in [1.29, 1.82) is 5.26 Å². The number of rotatable bonds is 0. The van der Waals surface area contributed by atoms with E-state index in [-0.39, 0.29) is 5.56 Å². The molecule has 6 heteroatoms. The third-order valence-corrected chi connectivity index (χ3v) is 2.65. The summed E-state index contributed by atoms with van der Waals surface area (Å²) in [5.74, 6) is 0. The van der Waals surface area contributed by atoms with Gasteiger partial charge in [0.15, 0.2) is 5.65 Å². The molecule has 0 saturated carbocycles. The van der Waals surface area contributed by atoms with E-state index >= 15 is 0 Å². The van der Waals surface area contributed by atoms with Crippen molar-refractivity contribution in [3.8, 4) is 6.07 Å². The normalized spacial score (nSPS) is 10.8. The fraction of sp³-hybridized carbons (Fsp3) is 0. The minimum absolute atomic E-state index is 0.281. The van der Waals surface area contributed by atoms with Gasteiger partial charge in [-0.1, -0.05) is 6.07 Å². The summed E-state index contributed by atoms with van der Waals surface area (Å²) in [4.78, 5) is 14.5. The first-order chi connectivity index (χ1) is 8.22. The topological polar surface area (TPSA) is 100.0 Å². The highest BCUT2D eigenvalue weighted by molar-refractivity contribution is 5.90. The number of H-pyrrole nitrogens is 1. The Morgan fingerprint density at radius 1 is 1.47 bits per heavy atom. The smallest absolute Gasteiger partial charge is 0.259 e. The van der Waals surface area contributed by atoms with Crippen LogP contribution in [-0.2, 0) is 0 Å². The Hall–Kier alpha value is -2.81. The van der Waals surface area contributed by atoms with E-state index in [1.807, 2.05) is 6.07 Å². The standard InChI is InChI=1S/C11H7N5O/c12-4-6-5-14-16-9-7(2-1-3-8(9)13)11(17)15-10(6)16/h1-3,5H,13H2,(H,15,17). The summed E-state index contributed by atoms with van der Waals surface area (Å²) < 4.78 is 1.48. The van der Waals surface area contributed by atoms with E-state index in [4.69, 9.17) is 11.0 Å². The lowest BCUT2D eigenvalue weighted by Gasteiger charge is -2.03. The summed E-state index contributed by atoms with van der Waals surface area (Å²) in [5.41, 5.74) is 7.21. The number of aromatic amines is 1. The van der Waals surface area contributed by atoms with Crippen LogP contribution in [0.2, 0.25) is 0 Å². The van der Waals surface area contributed by atoms with Gasteiger partial charge in [0.2, 0.25) is 0 Å². The maximum absolute atomic E-state index is 11.8. The molecule has 0 bridgehead atoms. The third-order valence-electron chi connectivity index (χ3n) is 2.65. The molecule has 0 fully saturated rings. The maximum atomic E-state index is 11.8. The molecule has 0 atom stereocenters. The third kappa shape index (κ3) is 1.13. The SMILES string of the molecule is N#Cc1cnn2c1[nH]c(=O)c1cccc(N)c12. The Morgan fingerprint density at radius 3 is 3.06 bits per heavy atom. The molecule has 0 unspecified atom stereocenters. The van der Waals surface area contributed by atoms with Gasteiger partial charge in [-0.25, -0.2) is 4.52 Å². The van der Waals surface area contributed by atoms with Crippen LogP contribution in [-0.4, -0.2) is 14.6 Å². The zero-order valence-electron chi connectivity index (χ0n) is 8.64. The maximum Gasteiger partial charge on any atom is 0.259 e. The predicted molar refractivity (Wildman–Crippen MR) is 62.4 cm³/mol. The second-order valence-corrected chi connectivity index (χ2v) is 3.63. The van der Waals surface area contributed by atoms with Gasteiger partial charge in [0, 0.05) is 0 Å². The van der Waals surface area contributed by atoms with Crippen LogP contribution in [0.5, 0.6) is 0 Å². The molecule has 3 N–H and O–H groups in total. The van der Waals surface area contributed by atoms with E-state index in [1.165, 1.54) is 10.7 Å². The molecular weight excluding hydrogens is 218 g/mol. The van der Waals surface area contributed by atoms with Gasteiger partial charge < -0.3 is 10.7 Å². The molecule has 3 aromatic rings. The highest BCUT2D eigenvalue weighted by Gasteiger charge is 2.11. The first-order valence-corrected chi connectivity index (χ1v) is 4.90. The average Bonchev–Trinajstić information content (AvgIpc) is 2.72. The molecule has 0 aliphatic heterocycles. The predicted octanol–water partition coefficient (Wildman–Crippen LogP) is 0.630. The molecule has 3 rings (SSSR count). The lowest BCUT2D eigenvalue weighted by Crippen LogP contribution is -2.11. The highest BCUT2D eigenvalue weighted by atomic mass is 16.1. The first kappa shape index (κ1) is 9.42. The molecule has 2 aromatic heterocycles. The van der Waals surface area contributed by atoms with Crippen LogP contribution in [0.25, 0.3) is 16.6 Å². The highest BCUT2D eigenvalue weighted by Crippen LogP contribution is 2.19. The van der Waals surface area contributed by atoms with Crippen LogP contribution in [0.4, 0.5) is 5.69 Å². The van der Waals surface area contributed by atoms with E-state index in [2.05, 4.69) is 10.1 Å². The molecular formula is C11H7N5O. The number of anilines is 1. The van der Waals surface area contributed by atoms with Crippen molar-refractivity contribution in [2.24, 2.45) is 0 Å². The van der Waals surface area contributed by atoms with Gasteiger partial charge in [-0.05, 0) is 12.1 Å². The number of para-hydroxylation sites is 1. The van der Waals surface area contributed by atoms with Crippen LogP contribution in [0.3, 0.4) is 0 Å². The van der Waals surface area contributed by atoms with E-state index in [0.29, 0.717) is 27.8 Å². The van der Waals surface area contributed by atoms with Crippen molar-refractivity contribution in [3.63, 3.8) is 0 Å². The molecule has 0 spiro atoms. The number of nitrogens with zero attached hydrogens (tertiary/aromatic N) is 3. The first-order valence-electron chi connectivity index (χ1n) is 4.90. The summed E-state index contributed by atoms with van der Waals surface area (Å²) >= 11 is 0. The second-order valence-electron chi connectivity index (χ2n) is 3.63. The molecule has 0 aliphatic rings. The number of fused-ring (bicyclic) bond motifs is 3. The summed E-state index contributed by atoms with van der Waals surface area (Å²) in [6.45, 7) is 0. The molecule has 1 aromatic carbocycles. The minimum atomic E-state index is -0.281. The van der Waals surface area contributed by atoms with Gasteiger partial charge in [-0.15, -0.1) is 0 Å². The summed E-state index contributed by atoms with van der Waals surface area (Å²) in [6, 6.07) is 7.02. The average molecular weight is 225 g/mol. The Bertz CT molecular complexity index is 837. The van der Waals surface area contributed by atoms with Crippen molar-refractivity contribution in [3.05, 3.63) is 40.3 Å². The fourth-order valence-corrected chi connectivity index (χ4v) is 1.88. The zero-order valence-corrected chi connectivity index (χ0v) is 8.64. The van der Waals surface area contributed by atoms with Gasteiger partial charge in [0.05, 0.1) is 17.3 Å². The number of hydrogen-bond acceptors (Lipinski definition) is 4. The Morgan fingerprint density at radius 2 is 2.29 bits per heavy atom.